The summed E-state index contributed by atoms with van der Waals surface area (Å²) in [4.78, 5) is 9.00. The van der Waals surface area contributed by atoms with E-state index in [1.807, 2.05) is 0 Å². The third kappa shape index (κ3) is 17.6. The second-order valence-corrected chi connectivity index (χ2v) is 1.67. The summed E-state index contributed by atoms with van der Waals surface area (Å²) >= 11 is 0. The molecule has 11 heavy (non-hydrogen) atoms. The number of carbonyl (C=O) groups excluding carboxylic acids is 1. The van der Waals surface area contributed by atoms with Crippen molar-refractivity contribution in [1.29, 1.82) is 0 Å². The maximum absolute atomic E-state index is 9.00. The van der Waals surface area contributed by atoms with Crippen LogP contribution >= 0.6 is 0 Å². The monoisotopic (exact) mass is 162 g/mol. The van der Waals surface area contributed by atoms with Crippen molar-refractivity contribution in [3.63, 3.8) is 0 Å². The Morgan fingerprint density at radius 3 is 1.64 bits per heavy atom. The summed E-state index contributed by atoms with van der Waals surface area (Å²) in [5.41, 5.74) is 9.17. The highest BCUT2D eigenvalue weighted by molar-refractivity contribution is 5.69. The van der Waals surface area contributed by atoms with Crippen molar-refractivity contribution in [3.05, 3.63) is 11.6 Å². The highest BCUT2D eigenvalue weighted by Crippen LogP contribution is 1.86. The molecule has 0 aromatic heterocycles. The van der Waals surface area contributed by atoms with Crippen molar-refractivity contribution < 1.29 is 15.0 Å². The minimum absolute atomic E-state index is 0.0347. The molecule has 0 saturated carbocycles. The van der Waals surface area contributed by atoms with Gasteiger partial charge in [-0.2, -0.15) is 0 Å². The Kier molecular flexibility index (Phi) is 10.2. The van der Waals surface area contributed by atoms with Crippen LogP contribution in [0.25, 0.3) is 0 Å². The normalized spacial score (nSPS) is 7.55. The van der Waals surface area contributed by atoms with Gasteiger partial charge < -0.3 is 21.7 Å². The van der Waals surface area contributed by atoms with Gasteiger partial charge in [0.2, 0.25) is 0 Å². The molecule has 0 heterocycles. The number of allylic oxidation sites excluding steroid dienone is 1. The molecule has 0 bridgehead atoms. The molecule has 6 N–H and O–H groups in total. The summed E-state index contributed by atoms with van der Waals surface area (Å²) in [7, 11) is 0. The zero-order chi connectivity index (χ0) is 9.28. The van der Waals surface area contributed by atoms with Crippen molar-refractivity contribution in [2.75, 3.05) is 13.2 Å². The van der Waals surface area contributed by atoms with Crippen molar-refractivity contribution in [3.8, 4) is 0 Å². The molecule has 0 aromatic rings. The summed E-state index contributed by atoms with van der Waals surface area (Å²) in [6.07, 6.45) is 1.69. The molecule has 66 valence electrons. The smallest absolute Gasteiger partial charge is 0.309 e. The number of hydrogen-bond donors (Lipinski definition) is 4. The third-order valence-electron chi connectivity index (χ3n) is 0.814. The van der Waals surface area contributed by atoms with Crippen LogP contribution < -0.4 is 11.5 Å². The van der Waals surface area contributed by atoms with E-state index in [1.54, 1.807) is 13.0 Å². The first kappa shape index (κ1) is 12.6. The molecule has 0 aromatic carbocycles. The van der Waals surface area contributed by atoms with Crippen LogP contribution in [0.2, 0.25) is 0 Å². The molecule has 0 aliphatic rings. The Hall–Kier alpha value is -1.07. The summed E-state index contributed by atoms with van der Waals surface area (Å²) in [6, 6.07) is -0.833. The summed E-state index contributed by atoms with van der Waals surface area (Å²) in [6.45, 7) is 1.71. The zero-order valence-corrected chi connectivity index (χ0v) is 6.45. The largest absolute Gasteiger partial charge is 0.392 e. The number of urea groups is 1. The van der Waals surface area contributed by atoms with Gasteiger partial charge in [-0.25, -0.2) is 4.79 Å². The van der Waals surface area contributed by atoms with Gasteiger partial charge in [0, 0.05) is 0 Å². The third-order valence-corrected chi connectivity index (χ3v) is 0.814. The number of aliphatic hydroxyl groups is 2. The van der Waals surface area contributed by atoms with E-state index >= 15 is 0 Å². The van der Waals surface area contributed by atoms with Crippen molar-refractivity contribution in [2.45, 2.75) is 6.92 Å². The van der Waals surface area contributed by atoms with Gasteiger partial charge in [-0.15, -0.1) is 0 Å². The lowest BCUT2D eigenvalue weighted by atomic mass is 10.3. The van der Waals surface area contributed by atoms with Crippen LogP contribution in [0.3, 0.4) is 0 Å². The molecule has 0 aliphatic carbocycles. The van der Waals surface area contributed by atoms with Crippen LogP contribution in [-0.2, 0) is 0 Å². The average Bonchev–Trinajstić information content (AvgIpc) is 1.90. The molecule has 0 saturated heterocycles. The number of hydrogen-bond acceptors (Lipinski definition) is 3. The molecular weight excluding hydrogens is 148 g/mol. The van der Waals surface area contributed by atoms with Crippen molar-refractivity contribution in [1.82, 2.24) is 0 Å². The Morgan fingerprint density at radius 2 is 1.64 bits per heavy atom. The summed E-state index contributed by atoms with van der Waals surface area (Å²) < 4.78 is 0. The second kappa shape index (κ2) is 8.93. The van der Waals surface area contributed by atoms with Gasteiger partial charge in [-0.3, -0.25) is 0 Å². The maximum Gasteiger partial charge on any atom is 0.309 e. The topological polar surface area (TPSA) is 110 Å². The molecule has 0 radical (unpaired) electrons. The second-order valence-electron chi connectivity index (χ2n) is 1.67. The van der Waals surface area contributed by atoms with Crippen LogP contribution in [0.15, 0.2) is 11.6 Å². The Balaban J connectivity index is 0. The predicted octanol–water partition coefficient (Wildman–Crippen LogP) is -1.06. The minimum Gasteiger partial charge on any atom is -0.392 e. The first-order valence-electron chi connectivity index (χ1n) is 2.99. The van der Waals surface area contributed by atoms with Crippen molar-refractivity contribution in [2.24, 2.45) is 11.5 Å². The molecule has 5 heteroatoms. The molecule has 0 aliphatic heterocycles. The number of aliphatic hydroxyl groups excluding tert-OH is 2. The van der Waals surface area contributed by atoms with Gasteiger partial charge in [0.25, 0.3) is 0 Å². The van der Waals surface area contributed by atoms with Gasteiger partial charge in [0.15, 0.2) is 0 Å². The molecule has 2 amide bonds. The molecular formula is C6H14N2O3. The molecule has 0 spiro atoms. The van der Waals surface area contributed by atoms with E-state index in [0.29, 0.717) is 5.57 Å². The lowest BCUT2D eigenvalue weighted by Crippen LogP contribution is -2.18. The fraction of sp³-hybridized carbons (Fsp3) is 0.500. The van der Waals surface area contributed by atoms with Gasteiger partial charge in [0.1, 0.15) is 0 Å². The predicted molar refractivity (Wildman–Crippen MR) is 41.7 cm³/mol. The fourth-order valence-corrected chi connectivity index (χ4v) is 0.233. The molecule has 5 nitrogen and oxygen atoms in total. The molecule has 0 atom stereocenters. The lowest BCUT2D eigenvalue weighted by Gasteiger charge is -1.92. The van der Waals surface area contributed by atoms with Gasteiger partial charge >= 0.3 is 6.03 Å². The van der Waals surface area contributed by atoms with Crippen LogP contribution in [0.4, 0.5) is 4.79 Å². The highest BCUT2D eigenvalue weighted by Gasteiger charge is 1.84. The van der Waals surface area contributed by atoms with Crippen LogP contribution in [-0.4, -0.2) is 29.5 Å². The van der Waals surface area contributed by atoms with E-state index in [2.05, 4.69) is 11.5 Å². The van der Waals surface area contributed by atoms with Crippen molar-refractivity contribution >= 4 is 6.03 Å². The SMILES string of the molecule is CC=C(CO)CO.NC(N)=O. The number of nitrogens with two attached hydrogens (primary N) is 2. The number of primary amides is 2. The Morgan fingerprint density at radius 1 is 1.36 bits per heavy atom. The van der Waals surface area contributed by atoms with E-state index < -0.39 is 6.03 Å². The average molecular weight is 162 g/mol. The number of rotatable bonds is 2. The first-order chi connectivity index (χ1) is 5.08. The fourth-order valence-electron chi connectivity index (χ4n) is 0.233. The number of amides is 2. The zero-order valence-electron chi connectivity index (χ0n) is 6.45. The van der Waals surface area contributed by atoms with E-state index in [9.17, 15) is 0 Å². The van der Waals surface area contributed by atoms with Crippen LogP contribution in [0, 0.1) is 0 Å². The first-order valence-corrected chi connectivity index (χ1v) is 2.99. The molecule has 0 unspecified atom stereocenters. The van der Waals surface area contributed by atoms with Gasteiger partial charge in [-0.05, 0) is 12.5 Å². The standard InChI is InChI=1S/C5H10O2.CH4N2O/c1-2-5(3-6)4-7;2-1(3)4/h2,6-7H,3-4H2,1H3;(H4,2,3,4). The van der Waals surface area contributed by atoms with E-state index in [1.165, 1.54) is 0 Å². The Bertz CT molecular complexity index is 124. The summed E-state index contributed by atoms with van der Waals surface area (Å²) in [5, 5.41) is 16.6. The number of carbonyl (C=O) groups is 1. The summed E-state index contributed by atoms with van der Waals surface area (Å²) in [5.74, 6) is 0. The van der Waals surface area contributed by atoms with Crippen LogP contribution in [0.5, 0.6) is 0 Å². The van der Waals surface area contributed by atoms with E-state index in [4.69, 9.17) is 15.0 Å². The molecule has 0 rings (SSSR count). The minimum atomic E-state index is -0.833. The van der Waals surface area contributed by atoms with E-state index in [0.717, 1.165) is 0 Å². The van der Waals surface area contributed by atoms with Crippen LogP contribution in [0.1, 0.15) is 6.92 Å². The Labute approximate surface area is 65.3 Å². The maximum atomic E-state index is 9.00. The van der Waals surface area contributed by atoms with Gasteiger partial charge in [0.05, 0.1) is 13.2 Å². The molecule has 0 fully saturated rings. The quantitative estimate of drug-likeness (QED) is 0.388. The van der Waals surface area contributed by atoms with E-state index in [-0.39, 0.29) is 13.2 Å². The van der Waals surface area contributed by atoms with Gasteiger partial charge in [-0.1, -0.05) is 6.08 Å². The lowest BCUT2D eigenvalue weighted by molar-refractivity contribution is 0.256. The highest BCUT2D eigenvalue weighted by atomic mass is 16.3.